The summed E-state index contributed by atoms with van der Waals surface area (Å²) in [5.41, 5.74) is 3.78. The first-order chi connectivity index (χ1) is 15.8. The topological polar surface area (TPSA) is 90.4 Å². The van der Waals surface area contributed by atoms with Gasteiger partial charge in [-0.05, 0) is 47.9 Å². The number of ether oxygens (including phenoxy) is 2. The molecule has 0 fully saturated rings. The number of nitrogens with one attached hydrogen (secondary N) is 1. The van der Waals surface area contributed by atoms with Crippen molar-refractivity contribution in [3.05, 3.63) is 72.1 Å². The first-order valence-electron chi connectivity index (χ1n) is 10.3. The molecule has 3 aromatic carbocycles. The smallest absolute Gasteiger partial charge is 0.175 e. The predicted octanol–water partition coefficient (Wildman–Crippen LogP) is 4.64. The van der Waals surface area contributed by atoms with Crippen LogP contribution in [0.3, 0.4) is 0 Å². The van der Waals surface area contributed by atoms with Gasteiger partial charge in [0.1, 0.15) is 11.6 Å². The Morgan fingerprint density at radius 3 is 2.24 bits per heavy atom. The van der Waals surface area contributed by atoms with Gasteiger partial charge in [-0.1, -0.05) is 30.3 Å². The molecule has 0 saturated heterocycles. The minimum Gasteiger partial charge on any atom is -0.493 e. The van der Waals surface area contributed by atoms with Crippen LogP contribution in [0.2, 0.25) is 0 Å². The van der Waals surface area contributed by atoms with Gasteiger partial charge in [-0.15, -0.1) is 0 Å². The SMILES string of the molecule is COc1cc2nc(C)nc(NCc3cccc(-c4ccc(S(C)(=O)=O)cc4)c3)c2cc1OC. The first kappa shape index (κ1) is 22.5. The average molecular weight is 464 g/mol. The van der Waals surface area contributed by atoms with Gasteiger partial charge in [0.05, 0.1) is 24.6 Å². The quantitative estimate of drug-likeness (QED) is 0.427. The number of nitrogens with zero attached hydrogens (tertiary/aromatic N) is 2. The number of hydrogen-bond donors (Lipinski definition) is 1. The Hall–Kier alpha value is -3.65. The predicted molar refractivity (Wildman–Crippen MR) is 130 cm³/mol. The maximum absolute atomic E-state index is 11.7. The van der Waals surface area contributed by atoms with Crippen molar-refractivity contribution in [3.8, 4) is 22.6 Å². The van der Waals surface area contributed by atoms with Gasteiger partial charge >= 0.3 is 0 Å². The lowest BCUT2D eigenvalue weighted by Gasteiger charge is -2.13. The third kappa shape index (κ3) is 4.90. The maximum atomic E-state index is 11.7. The van der Waals surface area contributed by atoms with E-state index in [1.807, 2.05) is 49.4 Å². The molecule has 8 heteroatoms. The number of fused-ring (bicyclic) bond motifs is 1. The highest BCUT2D eigenvalue weighted by Gasteiger charge is 2.12. The molecule has 1 aromatic heterocycles. The summed E-state index contributed by atoms with van der Waals surface area (Å²) in [4.78, 5) is 9.42. The average Bonchev–Trinajstić information content (AvgIpc) is 2.81. The number of aromatic nitrogens is 2. The van der Waals surface area contributed by atoms with Gasteiger partial charge in [0.15, 0.2) is 21.3 Å². The summed E-state index contributed by atoms with van der Waals surface area (Å²) in [5.74, 6) is 2.59. The Kier molecular flexibility index (Phi) is 6.20. The van der Waals surface area contributed by atoms with Gasteiger partial charge in [0, 0.05) is 24.3 Å². The van der Waals surface area contributed by atoms with Gasteiger partial charge in [-0.2, -0.15) is 0 Å². The molecule has 0 aliphatic carbocycles. The number of aryl methyl sites for hydroxylation is 1. The molecule has 0 amide bonds. The fourth-order valence-corrected chi connectivity index (χ4v) is 4.28. The standard InChI is InChI=1S/C25H25N3O4S/c1-16-27-22-14-24(32-3)23(31-2)13-21(22)25(28-16)26-15-17-6-5-7-19(12-17)18-8-10-20(11-9-18)33(4,29)30/h5-14H,15H2,1-4H3,(H,26,27,28). The van der Waals surface area contributed by atoms with E-state index >= 15 is 0 Å². The third-order valence-electron chi connectivity index (χ3n) is 5.32. The second-order valence-corrected chi connectivity index (χ2v) is 9.71. The molecule has 4 rings (SSSR count). The lowest BCUT2D eigenvalue weighted by molar-refractivity contribution is 0.356. The fraction of sp³-hybridized carbons (Fsp3) is 0.200. The van der Waals surface area contributed by atoms with Gasteiger partial charge in [-0.3, -0.25) is 0 Å². The molecule has 0 unspecified atom stereocenters. The van der Waals surface area contributed by atoms with E-state index in [1.165, 1.54) is 6.26 Å². The summed E-state index contributed by atoms with van der Waals surface area (Å²) >= 11 is 0. The van der Waals surface area contributed by atoms with E-state index in [0.29, 0.717) is 34.6 Å². The Bertz CT molecular complexity index is 1420. The van der Waals surface area contributed by atoms with Crippen molar-refractivity contribution in [1.29, 1.82) is 0 Å². The van der Waals surface area contributed by atoms with Crippen molar-refractivity contribution < 1.29 is 17.9 Å². The monoisotopic (exact) mass is 463 g/mol. The summed E-state index contributed by atoms with van der Waals surface area (Å²) in [5, 5.41) is 4.25. The molecule has 1 N–H and O–H groups in total. The fourth-order valence-electron chi connectivity index (χ4n) is 3.65. The zero-order valence-corrected chi connectivity index (χ0v) is 19.7. The molecule has 1 heterocycles. The van der Waals surface area contributed by atoms with E-state index in [4.69, 9.17) is 9.47 Å². The number of rotatable bonds is 7. The first-order valence-corrected chi connectivity index (χ1v) is 12.2. The van der Waals surface area contributed by atoms with Gasteiger partial charge in [0.25, 0.3) is 0 Å². The van der Waals surface area contributed by atoms with Crippen LogP contribution >= 0.6 is 0 Å². The Morgan fingerprint density at radius 2 is 1.58 bits per heavy atom. The van der Waals surface area contributed by atoms with Crippen LogP contribution < -0.4 is 14.8 Å². The van der Waals surface area contributed by atoms with Crippen LogP contribution in [0, 0.1) is 6.92 Å². The lowest BCUT2D eigenvalue weighted by Crippen LogP contribution is -2.05. The second kappa shape index (κ2) is 9.07. The number of anilines is 1. The van der Waals surface area contributed by atoms with E-state index in [9.17, 15) is 8.42 Å². The highest BCUT2D eigenvalue weighted by atomic mass is 32.2. The van der Waals surface area contributed by atoms with Crippen molar-refractivity contribution in [2.45, 2.75) is 18.4 Å². The Balaban J connectivity index is 1.61. The van der Waals surface area contributed by atoms with Gasteiger partial charge < -0.3 is 14.8 Å². The maximum Gasteiger partial charge on any atom is 0.175 e. The van der Waals surface area contributed by atoms with Crippen LogP contribution in [0.1, 0.15) is 11.4 Å². The highest BCUT2D eigenvalue weighted by molar-refractivity contribution is 7.90. The minimum absolute atomic E-state index is 0.308. The highest BCUT2D eigenvalue weighted by Crippen LogP contribution is 2.34. The largest absolute Gasteiger partial charge is 0.493 e. The molecule has 0 radical (unpaired) electrons. The van der Waals surface area contributed by atoms with Gasteiger partial charge in [-0.25, -0.2) is 18.4 Å². The molecule has 0 spiro atoms. The molecule has 0 saturated carbocycles. The van der Waals surface area contributed by atoms with Crippen LogP contribution in [0.5, 0.6) is 11.5 Å². The van der Waals surface area contributed by atoms with Crippen molar-refractivity contribution in [2.24, 2.45) is 0 Å². The molecule has 7 nitrogen and oxygen atoms in total. The molecule has 0 bridgehead atoms. The molecular formula is C25H25N3O4S. The summed E-state index contributed by atoms with van der Waals surface area (Å²) in [6, 6.07) is 18.7. The molecule has 0 atom stereocenters. The summed E-state index contributed by atoms with van der Waals surface area (Å²) in [7, 11) is -0.0263. The molecule has 170 valence electrons. The zero-order chi connectivity index (χ0) is 23.6. The molecular weight excluding hydrogens is 438 g/mol. The van der Waals surface area contributed by atoms with Crippen molar-refractivity contribution >= 4 is 26.6 Å². The van der Waals surface area contributed by atoms with E-state index < -0.39 is 9.84 Å². The molecule has 33 heavy (non-hydrogen) atoms. The van der Waals surface area contributed by atoms with Crippen LogP contribution in [-0.4, -0.2) is 38.9 Å². The van der Waals surface area contributed by atoms with E-state index in [2.05, 4.69) is 21.4 Å². The molecule has 0 aliphatic rings. The second-order valence-electron chi connectivity index (χ2n) is 7.69. The normalized spacial score (nSPS) is 11.4. The van der Waals surface area contributed by atoms with Crippen LogP contribution in [0.25, 0.3) is 22.0 Å². The number of sulfone groups is 1. The van der Waals surface area contributed by atoms with E-state index in [1.54, 1.807) is 26.4 Å². The van der Waals surface area contributed by atoms with Crippen LogP contribution in [0.4, 0.5) is 5.82 Å². The minimum atomic E-state index is -3.22. The summed E-state index contributed by atoms with van der Waals surface area (Å²) in [6.07, 6.45) is 1.21. The Labute approximate surface area is 193 Å². The van der Waals surface area contributed by atoms with Gasteiger partial charge in [0.2, 0.25) is 0 Å². The van der Waals surface area contributed by atoms with E-state index in [-0.39, 0.29) is 0 Å². The van der Waals surface area contributed by atoms with Crippen molar-refractivity contribution in [1.82, 2.24) is 9.97 Å². The third-order valence-corrected chi connectivity index (χ3v) is 6.44. The molecule has 4 aromatic rings. The van der Waals surface area contributed by atoms with Crippen LogP contribution in [0.15, 0.2) is 65.6 Å². The van der Waals surface area contributed by atoms with Crippen molar-refractivity contribution in [3.63, 3.8) is 0 Å². The van der Waals surface area contributed by atoms with E-state index in [0.717, 1.165) is 27.6 Å². The van der Waals surface area contributed by atoms with Crippen molar-refractivity contribution in [2.75, 3.05) is 25.8 Å². The lowest BCUT2D eigenvalue weighted by atomic mass is 10.0. The molecule has 0 aliphatic heterocycles. The Morgan fingerprint density at radius 1 is 0.879 bits per heavy atom. The van der Waals surface area contributed by atoms with Crippen LogP contribution in [-0.2, 0) is 16.4 Å². The number of methoxy groups -OCH3 is 2. The number of benzene rings is 3. The zero-order valence-electron chi connectivity index (χ0n) is 18.9. The summed E-state index contributed by atoms with van der Waals surface area (Å²) < 4.78 is 34.3. The summed E-state index contributed by atoms with van der Waals surface area (Å²) in [6.45, 7) is 2.40. The number of hydrogen-bond acceptors (Lipinski definition) is 7.